The summed E-state index contributed by atoms with van der Waals surface area (Å²) in [4.78, 5) is 0. The van der Waals surface area contributed by atoms with E-state index in [0.29, 0.717) is 0 Å². The van der Waals surface area contributed by atoms with Gasteiger partial charge >= 0.3 is 72.8 Å². The molecular formula is C9H13Ru. The molecule has 0 aromatic carbocycles. The fourth-order valence-electron chi connectivity index (χ4n) is 1.14. The van der Waals surface area contributed by atoms with E-state index in [1.165, 1.54) is 10.6 Å². The third-order valence-corrected chi connectivity index (χ3v) is 2.90. The summed E-state index contributed by atoms with van der Waals surface area (Å²) in [5, 5.41) is 0. The molecule has 0 aromatic heterocycles. The van der Waals surface area contributed by atoms with Crippen LogP contribution in [-0.4, -0.2) is 0 Å². The maximum absolute atomic E-state index is 2.73. The van der Waals surface area contributed by atoms with Gasteiger partial charge in [0.25, 0.3) is 0 Å². The monoisotopic (exact) mass is 223 g/mol. The molecule has 1 heteroatoms. The maximum atomic E-state index is 2.73. The molecule has 0 heterocycles. The molecule has 0 amide bonds. The molecule has 0 saturated heterocycles. The molecule has 0 radical (unpaired) electrons. The first-order chi connectivity index (χ1) is 4.75. The van der Waals surface area contributed by atoms with Crippen LogP contribution in [0.2, 0.25) is 0 Å². The van der Waals surface area contributed by atoms with Gasteiger partial charge in [-0.3, -0.25) is 0 Å². The van der Waals surface area contributed by atoms with E-state index in [1.54, 1.807) is 5.57 Å². The van der Waals surface area contributed by atoms with E-state index >= 15 is 0 Å². The summed E-state index contributed by atoms with van der Waals surface area (Å²) in [7, 11) is 0. The van der Waals surface area contributed by atoms with Crippen molar-refractivity contribution in [2.75, 3.05) is 0 Å². The molecule has 0 aromatic rings. The summed E-state index contributed by atoms with van der Waals surface area (Å²) in [6, 6.07) is 0. The average Bonchev–Trinajstić information content (AvgIpc) is 2.34. The molecule has 1 aliphatic rings. The third kappa shape index (κ3) is 1.58. The van der Waals surface area contributed by atoms with Gasteiger partial charge in [0, 0.05) is 0 Å². The summed E-state index contributed by atoms with van der Waals surface area (Å²) in [6.45, 7) is 4.53. The fraction of sp³-hybridized carbons (Fsp3) is 0.556. The van der Waals surface area contributed by atoms with E-state index in [-0.39, 0.29) is 0 Å². The van der Waals surface area contributed by atoms with Gasteiger partial charge in [-0.25, -0.2) is 0 Å². The molecular weight excluding hydrogens is 209 g/mol. The topological polar surface area (TPSA) is 0 Å². The van der Waals surface area contributed by atoms with Crippen LogP contribution in [0.1, 0.15) is 26.7 Å². The van der Waals surface area contributed by atoms with Crippen LogP contribution in [0, 0.1) is 5.92 Å². The van der Waals surface area contributed by atoms with Crippen LogP contribution < -0.4 is 0 Å². The SMILES string of the molecule is CCC(C)C1=[C]([Ru])CC=C1. The normalized spacial score (nSPS) is 20.3. The first-order valence-electron chi connectivity index (χ1n) is 3.79. The number of allylic oxidation sites excluding steroid dienone is 4. The zero-order valence-corrected chi connectivity index (χ0v) is 8.24. The van der Waals surface area contributed by atoms with Crippen LogP contribution in [0.15, 0.2) is 21.9 Å². The molecule has 0 N–H and O–H groups in total. The van der Waals surface area contributed by atoms with Crippen molar-refractivity contribution < 1.29 is 18.3 Å². The average molecular weight is 222 g/mol. The van der Waals surface area contributed by atoms with Gasteiger partial charge in [0.2, 0.25) is 0 Å². The van der Waals surface area contributed by atoms with Gasteiger partial charge in [-0.15, -0.1) is 0 Å². The molecule has 0 saturated carbocycles. The second-order valence-electron chi connectivity index (χ2n) is 2.76. The van der Waals surface area contributed by atoms with Crippen LogP contribution in [0.3, 0.4) is 0 Å². The van der Waals surface area contributed by atoms with Crippen LogP contribution in [0.5, 0.6) is 0 Å². The summed E-state index contributed by atoms with van der Waals surface area (Å²) >= 11 is 2.73. The first kappa shape index (κ1) is 8.20. The Morgan fingerprint density at radius 1 is 1.70 bits per heavy atom. The van der Waals surface area contributed by atoms with Gasteiger partial charge in [-0.05, 0) is 0 Å². The number of rotatable bonds is 2. The first-order valence-corrected chi connectivity index (χ1v) is 4.66. The van der Waals surface area contributed by atoms with Gasteiger partial charge in [0.15, 0.2) is 0 Å². The van der Waals surface area contributed by atoms with E-state index in [1.807, 2.05) is 0 Å². The van der Waals surface area contributed by atoms with Crippen molar-refractivity contribution in [2.24, 2.45) is 5.92 Å². The Hall–Kier alpha value is 0.103. The summed E-state index contributed by atoms with van der Waals surface area (Å²) < 4.78 is 1.49. The van der Waals surface area contributed by atoms with Crippen molar-refractivity contribution in [3.8, 4) is 0 Å². The zero-order chi connectivity index (χ0) is 7.56. The Balaban J connectivity index is 2.70. The van der Waals surface area contributed by atoms with E-state index in [2.05, 4.69) is 44.3 Å². The minimum atomic E-state index is 0.745. The summed E-state index contributed by atoms with van der Waals surface area (Å²) in [6.07, 6.45) is 6.91. The molecule has 0 aliphatic heterocycles. The molecule has 0 bridgehead atoms. The Kier molecular flexibility index (Phi) is 2.86. The Morgan fingerprint density at radius 2 is 2.40 bits per heavy atom. The van der Waals surface area contributed by atoms with Crippen LogP contribution in [-0.2, 0) is 18.3 Å². The quantitative estimate of drug-likeness (QED) is 0.630. The van der Waals surface area contributed by atoms with E-state index in [0.717, 1.165) is 12.3 Å². The fourth-order valence-corrected chi connectivity index (χ4v) is 1.92. The van der Waals surface area contributed by atoms with Crippen molar-refractivity contribution in [1.82, 2.24) is 0 Å². The molecule has 10 heavy (non-hydrogen) atoms. The molecule has 0 fully saturated rings. The second kappa shape index (κ2) is 3.48. The van der Waals surface area contributed by atoms with E-state index in [4.69, 9.17) is 0 Å². The Morgan fingerprint density at radius 3 is 2.80 bits per heavy atom. The summed E-state index contributed by atoms with van der Waals surface area (Å²) in [5.74, 6) is 0.745. The van der Waals surface area contributed by atoms with Gasteiger partial charge in [0.1, 0.15) is 0 Å². The standard InChI is InChI=1S/C9H13.Ru/c1-3-8(2)9-6-4-5-7-9;/h4,6,8H,3,5H2,1-2H3;. The Bertz CT molecular complexity index is 177. The minimum absolute atomic E-state index is 0.745. The van der Waals surface area contributed by atoms with Crippen LogP contribution in [0.4, 0.5) is 0 Å². The zero-order valence-electron chi connectivity index (χ0n) is 6.50. The predicted molar refractivity (Wildman–Crippen MR) is 40.2 cm³/mol. The van der Waals surface area contributed by atoms with Crippen molar-refractivity contribution in [3.63, 3.8) is 0 Å². The van der Waals surface area contributed by atoms with E-state index in [9.17, 15) is 0 Å². The number of hydrogen-bond acceptors (Lipinski definition) is 0. The van der Waals surface area contributed by atoms with Gasteiger partial charge in [-0.1, -0.05) is 0 Å². The molecule has 1 aliphatic carbocycles. The molecule has 1 atom stereocenters. The van der Waals surface area contributed by atoms with E-state index < -0.39 is 0 Å². The predicted octanol–water partition coefficient (Wildman–Crippen LogP) is 2.79. The molecule has 57 valence electrons. The third-order valence-electron chi connectivity index (χ3n) is 2.04. The number of hydrogen-bond donors (Lipinski definition) is 0. The van der Waals surface area contributed by atoms with Crippen molar-refractivity contribution in [2.45, 2.75) is 26.7 Å². The van der Waals surface area contributed by atoms with Gasteiger partial charge < -0.3 is 0 Å². The Labute approximate surface area is 73.1 Å². The van der Waals surface area contributed by atoms with Crippen LogP contribution in [0.25, 0.3) is 0 Å². The molecule has 1 rings (SSSR count). The second-order valence-corrected chi connectivity index (χ2v) is 3.81. The summed E-state index contributed by atoms with van der Waals surface area (Å²) in [5.41, 5.74) is 1.54. The van der Waals surface area contributed by atoms with Crippen molar-refractivity contribution in [3.05, 3.63) is 21.9 Å². The van der Waals surface area contributed by atoms with Gasteiger partial charge in [-0.2, -0.15) is 0 Å². The van der Waals surface area contributed by atoms with Gasteiger partial charge in [0.05, 0.1) is 0 Å². The molecule has 1 unspecified atom stereocenters. The van der Waals surface area contributed by atoms with Crippen molar-refractivity contribution >= 4 is 0 Å². The molecule has 0 spiro atoms. The molecule has 0 nitrogen and oxygen atoms in total. The van der Waals surface area contributed by atoms with Crippen molar-refractivity contribution in [1.29, 1.82) is 0 Å². The van der Waals surface area contributed by atoms with Crippen LogP contribution >= 0.6 is 0 Å².